The number of unbranched alkanes of at least 4 members (excludes halogenated alkanes) is 15. The van der Waals surface area contributed by atoms with Gasteiger partial charge in [0.25, 0.3) is 0 Å². The van der Waals surface area contributed by atoms with Crippen LogP contribution in [0.5, 0.6) is 0 Å². The topological polar surface area (TPSA) is 230 Å². The summed E-state index contributed by atoms with van der Waals surface area (Å²) in [6.45, 7) is 44.8. The van der Waals surface area contributed by atoms with Gasteiger partial charge in [0.15, 0.2) is 0 Å². The van der Waals surface area contributed by atoms with Crippen molar-refractivity contribution >= 4 is 11.9 Å². The summed E-state index contributed by atoms with van der Waals surface area (Å²) in [5.41, 5.74) is 3.12. The number of hydrogen-bond donors (Lipinski definition) is 0. The molecule has 0 spiro atoms. The van der Waals surface area contributed by atoms with E-state index in [1.807, 2.05) is 63.2 Å². The Morgan fingerprint density at radius 1 is 0.442 bits per heavy atom. The third-order valence-electron chi connectivity index (χ3n) is 16.9. The van der Waals surface area contributed by atoms with Crippen molar-refractivity contribution < 1.29 is 94.9 Å². The van der Waals surface area contributed by atoms with Gasteiger partial charge in [0, 0.05) is 33.4 Å². The van der Waals surface area contributed by atoms with E-state index < -0.39 is 0 Å². The molecule has 11 rings (SSSR count). The first-order valence-electron chi connectivity index (χ1n) is 40.3. The van der Waals surface area contributed by atoms with E-state index in [0.29, 0.717) is 87.2 Å². The predicted octanol–water partition coefficient (Wildman–Crippen LogP) is 16.2. The summed E-state index contributed by atoms with van der Waals surface area (Å²) in [6, 6.07) is 17.8. The molecular weight excluding hydrogens is 1330 g/mol. The van der Waals surface area contributed by atoms with E-state index in [4.69, 9.17) is 85.3 Å². The molecule has 20 nitrogen and oxygen atoms in total. The molecule has 0 aromatic heterocycles. The number of methoxy groups -OCH3 is 1. The van der Waals surface area contributed by atoms with E-state index in [1.165, 1.54) is 120 Å². The van der Waals surface area contributed by atoms with Gasteiger partial charge in [-0.1, -0.05) is 200 Å². The molecule has 9 saturated heterocycles. The van der Waals surface area contributed by atoms with Crippen molar-refractivity contribution in [1.82, 2.24) is 0 Å². The summed E-state index contributed by atoms with van der Waals surface area (Å²) >= 11 is 0. The molecule has 0 saturated carbocycles. The van der Waals surface area contributed by atoms with Crippen LogP contribution in [-0.4, -0.2) is 224 Å². The summed E-state index contributed by atoms with van der Waals surface area (Å²) in [4.78, 5) is 23.1. The van der Waals surface area contributed by atoms with Crippen molar-refractivity contribution in [3.8, 4) is 0 Å². The first-order chi connectivity index (χ1) is 50.3. The second-order valence-electron chi connectivity index (χ2n) is 30.4. The maximum Gasteiger partial charge on any atom is 0.338 e. The van der Waals surface area contributed by atoms with Crippen LogP contribution in [0, 0.1) is 5.92 Å². The van der Waals surface area contributed by atoms with E-state index in [0.717, 1.165) is 144 Å². The monoisotopic (exact) mass is 1480 g/mol. The minimum absolute atomic E-state index is 0.00799. The van der Waals surface area contributed by atoms with Gasteiger partial charge >= 0.3 is 11.9 Å². The average molecular weight is 1480 g/mol. The van der Waals surface area contributed by atoms with E-state index in [-0.39, 0.29) is 35.2 Å². The van der Waals surface area contributed by atoms with E-state index in [9.17, 15) is 9.59 Å². The highest BCUT2D eigenvalue weighted by Gasteiger charge is 2.29. The van der Waals surface area contributed by atoms with Crippen LogP contribution in [-0.2, 0) is 102 Å². The molecule has 9 aliphatic rings. The molecule has 604 valence electrons. The Bertz CT molecular complexity index is 2260. The Hall–Kier alpha value is -3.26. The lowest BCUT2D eigenvalue weighted by atomic mass is 9.87. The molecule has 104 heavy (non-hydrogen) atoms. The molecule has 9 aliphatic heterocycles. The number of epoxide rings is 9. The fraction of sp³-hybridized carbons (Fsp3) is 0.833. The van der Waals surface area contributed by atoms with Crippen LogP contribution in [0.3, 0.4) is 0 Å². The smallest absolute Gasteiger partial charge is 0.338 e. The lowest BCUT2D eigenvalue weighted by Crippen LogP contribution is -2.21. The third-order valence-corrected chi connectivity index (χ3v) is 16.9. The quantitative estimate of drug-likeness (QED) is 0.0341. The summed E-state index contributed by atoms with van der Waals surface area (Å²) in [5, 5.41) is 0. The molecule has 2 aromatic carbocycles. The first-order valence-corrected chi connectivity index (χ1v) is 40.3. The Kier molecular flexibility index (Phi) is 55.3. The van der Waals surface area contributed by atoms with Gasteiger partial charge in [-0.25, -0.2) is 4.79 Å². The lowest BCUT2D eigenvalue weighted by Gasteiger charge is -2.18. The van der Waals surface area contributed by atoms with Gasteiger partial charge in [0.2, 0.25) is 0 Å². The zero-order valence-electron chi connectivity index (χ0n) is 67.6. The van der Waals surface area contributed by atoms with Crippen molar-refractivity contribution in [1.29, 1.82) is 0 Å². The van der Waals surface area contributed by atoms with Crippen LogP contribution in [0.1, 0.15) is 246 Å². The predicted molar refractivity (Wildman–Crippen MR) is 410 cm³/mol. The van der Waals surface area contributed by atoms with Crippen LogP contribution in [0.4, 0.5) is 0 Å². The van der Waals surface area contributed by atoms with Crippen molar-refractivity contribution in [3.05, 3.63) is 71.3 Å². The van der Waals surface area contributed by atoms with Crippen LogP contribution < -0.4 is 0 Å². The summed E-state index contributed by atoms with van der Waals surface area (Å²) in [5.74, 6) is 0.430. The number of benzene rings is 2. The minimum Gasteiger partial charge on any atom is -0.463 e. The Morgan fingerprint density at radius 3 is 1.27 bits per heavy atom. The lowest BCUT2D eigenvalue weighted by molar-refractivity contribution is -0.144. The Labute approximate surface area is 630 Å². The fourth-order valence-electron chi connectivity index (χ4n) is 9.32. The van der Waals surface area contributed by atoms with Crippen molar-refractivity contribution in [2.45, 2.75) is 304 Å². The Balaban J connectivity index is 0.000000314. The number of carbonyl (C=O) groups is 2. The largest absolute Gasteiger partial charge is 0.463 e. The molecule has 0 radical (unpaired) electrons. The van der Waals surface area contributed by atoms with Gasteiger partial charge in [0.1, 0.15) is 68.1 Å². The molecule has 10 unspecified atom stereocenters. The third kappa shape index (κ3) is 65.8. The normalized spacial score (nSPS) is 22.1. The van der Waals surface area contributed by atoms with Gasteiger partial charge < -0.3 is 85.3 Å². The second-order valence-corrected chi connectivity index (χ2v) is 30.4. The standard InChI is InChI=1S/C21H40O3.C14H18O3.C11H22O2.C10H12O2.C7H14O2.2C6H12O2.C5H10O2.C4H8O2/c1-2-3-4-5-6-7-8-9-10-11-12-13-14-15-16-17-21(22)24-19-20-18-23-20;1-14(2,3)11-6-4-10(5-7-11)13(15)17-9-12-8-16-12;1-3-5-6-10(4-2)7-12-8-11-9-13-11;1-2-4-9(5-3-1)6-11-7-10-8-12-10;1-7(2,3)9-5-6-4-8-6;1-5(2)7-3-6-4-8-6;1-2-3-7-4-6-5-8-6;1-2-6-3-5-4-7-5;1-5-2-4-3-6-4/h20H,2-19H2,1H3;4-7,12H,8-9H2,1-3H3;10-11H,3-9H2,1-2H3;1-5,10H,6-8H2;6H,4-5H2,1-3H3;5-6H,3-4H2,1-2H3;6H,2-5H2,1H3;5H,2-4H2,1H3;4H,2-3H2,1H3. The molecule has 0 amide bonds. The highest BCUT2D eigenvalue weighted by Crippen LogP contribution is 2.24. The van der Waals surface area contributed by atoms with E-state index in [2.05, 4.69) is 81.4 Å². The SMILES string of the molecule is CC(C)(C)OCC1CO1.CC(C)(C)c1ccc(C(=O)OCC2CO2)cc1.CC(C)OCC1CO1.CCCCC(CC)COCC1CO1.CCCCCCCCCCCCCCCCCC(=O)OCC1CO1.CCCOCC1CO1.CCOCC1CO1.COCC1CO1.c1ccc(COCC2CO2)cc1. The number of ether oxygens (including phenoxy) is 18. The minimum atomic E-state index is -0.277. The van der Waals surface area contributed by atoms with Crippen molar-refractivity contribution in [2.75, 3.05) is 146 Å². The second kappa shape index (κ2) is 60.5. The molecular formula is C84H148O20. The summed E-state index contributed by atoms with van der Waals surface area (Å²) < 4.78 is 91.5. The highest BCUT2D eigenvalue weighted by molar-refractivity contribution is 5.89. The van der Waals surface area contributed by atoms with Crippen LogP contribution in [0.2, 0.25) is 0 Å². The zero-order valence-corrected chi connectivity index (χ0v) is 67.6. The molecule has 2 aromatic rings. The van der Waals surface area contributed by atoms with Gasteiger partial charge in [0.05, 0.1) is 130 Å². The molecule has 0 bridgehead atoms. The number of hydrogen-bond acceptors (Lipinski definition) is 20. The Morgan fingerprint density at radius 2 is 0.856 bits per heavy atom. The first kappa shape index (κ1) is 94.9. The zero-order chi connectivity index (χ0) is 75.7. The highest BCUT2D eigenvalue weighted by atomic mass is 16.6. The maximum absolute atomic E-state index is 11.7. The van der Waals surface area contributed by atoms with Gasteiger partial charge in [-0.05, 0) is 95.4 Å². The van der Waals surface area contributed by atoms with Gasteiger partial charge in [-0.3, -0.25) is 4.79 Å². The average Bonchev–Trinajstić information content (AvgIpc) is 1.86. The molecule has 10 atom stereocenters. The van der Waals surface area contributed by atoms with Crippen molar-refractivity contribution in [3.63, 3.8) is 0 Å². The van der Waals surface area contributed by atoms with Gasteiger partial charge in [-0.2, -0.15) is 0 Å². The number of rotatable bonds is 47. The molecule has 0 aliphatic carbocycles. The molecule has 9 heterocycles. The summed E-state index contributed by atoms with van der Waals surface area (Å²) in [7, 11) is 1.68. The fourth-order valence-corrected chi connectivity index (χ4v) is 9.32. The van der Waals surface area contributed by atoms with E-state index >= 15 is 0 Å². The summed E-state index contributed by atoms with van der Waals surface area (Å²) in [6.07, 6.45) is 30.6. The number of carbonyl (C=O) groups excluding carboxylic acids is 2. The molecule has 9 fully saturated rings. The van der Waals surface area contributed by atoms with E-state index in [1.54, 1.807) is 7.11 Å². The maximum atomic E-state index is 11.7. The van der Waals surface area contributed by atoms with Gasteiger partial charge in [-0.15, -0.1) is 0 Å². The van der Waals surface area contributed by atoms with Crippen LogP contribution >= 0.6 is 0 Å². The van der Waals surface area contributed by atoms with Crippen LogP contribution in [0.15, 0.2) is 54.6 Å². The molecule has 20 heteroatoms. The van der Waals surface area contributed by atoms with Crippen molar-refractivity contribution in [2.24, 2.45) is 5.92 Å². The van der Waals surface area contributed by atoms with Crippen LogP contribution in [0.25, 0.3) is 0 Å². The number of esters is 2. The molecule has 0 N–H and O–H groups in total.